The molecule has 0 radical (unpaired) electrons. The zero-order valence-corrected chi connectivity index (χ0v) is 11.5. The lowest BCUT2D eigenvalue weighted by Crippen LogP contribution is -2.42. The lowest BCUT2D eigenvalue weighted by Gasteiger charge is -2.25. The van der Waals surface area contributed by atoms with Crippen LogP contribution in [0.25, 0.3) is 0 Å². The average Bonchev–Trinajstić information content (AvgIpc) is 2.79. The van der Waals surface area contributed by atoms with Crippen LogP contribution in [-0.2, 0) is 4.74 Å². The van der Waals surface area contributed by atoms with Crippen molar-refractivity contribution in [1.82, 2.24) is 5.32 Å². The lowest BCUT2D eigenvalue weighted by molar-refractivity contribution is -0.121. The molecule has 1 heterocycles. The zero-order valence-electron chi connectivity index (χ0n) is 10.7. The van der Waals surface area contributed by atoms with E-state index in [9.17, 15) is 23.4 Å². The van der Waals surface area contributed by atoms with Gasteiger partial charge < -0.3 is 25.4 Å². The van der Waals surface area contributed by atoms with Gasteiger partial charge in [0.05, 0.1) is 19.3 Å². The summed E-state index contributed by atoms with van der Waals surface area (Å²) in [7, 11) is 0. The molecule has 6 nitrogen and oxygen atoms in total. The Morgan fingerprint density at radius 3 is 2.65 bits per heavy atom. The van der Waals surface area contributed by atoms with Crippen LogP contribution in [0.4, 0.5) is 13.2 Å². The van der Waals surface area contributed by atoms with Gasteiger partial charge in [-0.05, 0) is 6.92 Å². The first kappa shape index (κ1) is 17.5. The first-order valence-corrected chi connectivity index (χ1v) is 6.75. The van der Waals surface area contributed by atoms with Gasteiger partial charge in [0.25, 0.3) is 0 Å². The molecule has 1 unspecified atom stereocenters. The van der Waals surface area contributed by atoms with Crippen molar-refractivity contribution >= 4 is 16.9 Å². The SMILES string of the molecule is C[C@@H](O)[C@H](O)[C@@H](CO)OC1CN=C(NCC(F)(F)F)S1. The van der Waals surface area contributed by atoms with Crippen molar-refractivity contribution in [3.63, 3.8) is 0 Å². The summed E-state index contributed by atoms with van der Waals surface area (Å²) in [6.45, 7) is -0.265. The first-order valence-electron chi connectivity index (χ1n) is 5.87. The van der Waals surface area contributed by atoms with Gasteiger partial charge in [0.15, 0.2) is 5.17 Å². The minimum absolute atomic E-state index is 0.0931. The quantitative estimate of drug-likeness (QED) is 0.537. The highest BCUT2D eigenvalue weighted by molar-refractivity contribution is 8.14. The normalized spacial score (nSPS) is 24.1. The van der Waals surface area contributed by atoms with Crippen molar-refractivity contribution in [2.24, 2.45) is 4.99 Å². The Morgan fingerprint density at radius 2 is 2.15 bits per heavy atom. The molecule has 1 aliphatic rings. The Morgan fingerprint density at radius 1 is 1.50 bits per heavy atom. The first-order chi connectivity index (χ1) is 9.23. The highest BCUT2D eigenvalue weighted by Gasteiger charge is 2.32. The van der Waals surface area contributed by atoms with E-state index in [4.69, 9.17) is 9.84 Å². The van der Waals surface area contributed by atoms with Crippen molar-refractivity contribution in [1.29, 1.82) is 0 Å². The molecule has 20 heavy (non-hydrogen) atoms. The molecule has 0 bridgehead atoms. The summed E-state index contributed by atoms with van der Waals surface area (Å²) in [5.74, 6) is 0. The van der Waals surface area contributed by atoms with Gasteiger partial charge in [-0.3, -0.25) is 4.99 Å². The predicted octanol–water partition coefficient (Wildman–Crippen LogP) is -0.314. The molecule has 0 spiro atoms. The van der Waals surface area contributed by atoms with Crippen LogP contribution >= 0.6 is 11.8 Å². The van der Waals surface area contributed by atoms with Crippen LogP contribution < -0.4 is 5.32 Å². The number of nitrogens with zero attached hydrogens (tertiary/aromatic N) is 1. The Kier molecular flexibility index (Phi) is 6.52. The van der Waals surface area contributed by atoms with E-state index in [1.807, 2.05) is 0 Å². The van der Waals surface area contributed by atoms with E-state index in [1.54, 1.807) is 0 Å². The maximum Gasteiger partial charge on any atom is 0.405 e. The zero-order chi connectivity index (χ0) is 15.3. The third-order valence-corrected chi connectivity index (χ3v) is 3.47. The van der Waals surface area contributed by atoms with Gasteiger partial charge >= 0.3 is 6.18 Å². The molecule has 0 fully saturated rings. The second-order valence-electron chi connectivity index (χ2n) is 4.25. The Balaban J connectivity index is 2.38. The second-order valence-corrected chi connectivity index (χ2v) is 5.40. The number of hydrogen-bond donors (Lipinski definition) is 4. The van der Waals surface area contributed by atoms with Crippen molar-refractivity contribution in [2.75, 3.05) is 19.7 Å². The van der Waals surface area contributed by atoms with E-state index in [1.165, 1.54) is 6.92 Å². The highest BCUT2D eigenvalue weighted by Crippen LogP contribution is 2.24. The molecule has 4 atom stereocenters. The van der Waals surface area contributed by atoms with Crippen molar-refractivity contribution < 1.29 is 33.2 Å². The smallest absolute Gasteiger partial charge is 0.394 e. The molecule has 1 rings (SSSR count). The summed E-state index contributed by atoms with van der Waals surface area (Å²) >= 11 is 0.937. The van der Waals surface area contributed by atoms with Gasteiger partial charge in [-0.25, -0.2) is 0 Å². The summed E-state index contributed by atoms with van der Waals surface area (Å²) in [6.07, 6.45) is -7.74. The van der Waals surface area contributed by atoms with Crippen LogP contribution in [0, 0.1) is 0 Å². The molecular formula is C10H17F3N2O4S. The van der Waals surface area contributed by atoms with Gasteiger partial charge in [0.2, 0.25) is 0 Å². The van der Waals surface area contributed by atoms with Crippen molar-refractivity contribution in [3.8, 4) is 0 Å². The molecule has 0 amide bonds. The van der Waals surface area contributed by atoms with E-state index in [0.717, 1.165) is 11.8 Å². The van der Waals surface area contributed by atoms with E-state index in [2.05, 4.69) is 10.3 Å². The third kappa shape index (κ3) is 5.83. The number of ether oxygens (including phenoxy) is 1. The van der Waals surface area contributed by atoms with E-state index >= 15 is 0 Å². The van der Waals surface area contributed by atoms with Crippen LogP contribution in [0.1, 0.15) is 6.92 Å². The molecule has 1 aliphatic heterocycles. The molecule has 0 saturated heterocycles. The van der Waals surface area contributed by atoms with Gasteiger partial charge in [-0.15, -0.1) is 0 Å². The van der Waals surface area contributed by atoms with Crippen LogP contribution in [0.3, 0.4) is 0 Å². The Hall–Kier alpha value is -0.550. The fraction of sp³-hybridized carbons (Fsp3) is 0.900. The van der Waals surface area contributed by atoms with E-state index in [0.29, 0.717) is 0 Å². The fourth-order valence-electron chi connectivity index (χ4n) is 1.44. The number of amidine groups is 1. The van der Waals surface area contributed by atoms with Crippen LogP contribution in [0.2, 0.25) is 0 Å². The number of aliphatic hydroxyl groups excluding tert-OH is 3. The monoisotopic (exact) mass is 318 g/mol. The number of alkyl halides is 3. The number of hydrogen-bond acceptors (Lipinski definition) is 7. The maximum atomic E-state index is 12.0. The Bertz CT molecular complexity index is 341. The van der Waals surface area contributed by atoms with Crippen molar-refractivity contribution in [3.05, 3.63) is 0 Å². The number of thioether (sulfide) groups is 1. The third-order valence-electron chi connectivity index (χ3n) is 2.45. The van der Waals surface area contributed by atoms with Gasteiger partial charge in [-0.1, -0.05) is 11.8 Å². The number of halogens is 3. The second kappa shape index (κ2) is 7.46. The van der Waals surface area contributed by atoms with Crippen LogP contribution in [-0.4, -0.2) is 70.1 Å². The summed E-state index contributed by atoms with van der Waals surface area (Å²) in [5.41, 5.74) is -0.615. The molecule has 4 N–H and O–H groups in total. The van der Waals surface area contributed by atoms with Gasteiger partial charge in [-0.2, -0.15) is 13.2 Å². The minimum atomic E-state index is -4.34. The summed E-state index contributed by atoms with van der Waals surface area (Å²) in [4.78, 5) is 3.83. The lowest BCUT2D eigenvalue weighted by atomic mass is 10.1. The molecule has 10 heteroatoms. The number of rotatable bonds is 6. The molecule has 118 valence electrons. The Labute approximate surface area is 118 Å². The highest BCUT2D eigenvalue weighted by atomic mass is 32.2. The largest absolute Gasteiger partial charge is 0.405 e. The number of aliphatic imine (C=N–C) groups is 1. The summed E-state index contributed by atoms with van der Waals surface area (Å²) in [6, 6.07) is 0. The van der Waals surface area contributed by atoms with Gasteiger partial charge in [0, 0.05) is 0 Å². The molecule has 0 aliphatic carbocycles. The molecular weight excluding hydrogens is 301 g/mol. The number of nitrogens with one attached hydrogen (secondary N) is 1. The van der Waals surface area contributed by atoms with Crippen molar-refractivity contribution in [2.45, 2.75) is 36.8 Å². The molecule has 0 aromatic rings. The fourth-order valence-corrected chi connectivity index (χ4v) is 2.34. The average molecular weight is 318 g/mol. The van der Waals surface area contributed by atoms with E-state index in [-0.39, 0.29) is 11.7 Å². The standard InChI is InChI=1S/C10H17F3N2O4S/c1-5(17)8(18)6(3-16)19-7-2-14-9(20-7)15-4-10(11,12)13/h5-8,16-18H,2-4H2,1H3,(H,14,15)/t5-,6-,7?,8+/m1/s1. The van der Waals surface area contributed by atoms with Crippen LogP contribution in [0.15, 0.2) is 4.99 Å². The molecule has 0 aromatic carbocycles. The molecule has 0 aromatic heterocycles. The van der Waals surface area contributed by atoms with Crippen LogP contribution in [0.5, 0.6) is 0 Å². The summed E-state index contributed by atoms with van der Waals surface area (Å²) < 4.78 is 41.4. The minimum Gasteiger partial charge on any atom is -0.394 e. The topological polar surface area (TPSA) is 94.3 Å². The predicted molar refractivity (Wildman–Crippen MR) is 67.4 cm³/mol. The van der Waals surface area contributed by atoms with E-state index < -0.39 is 43.1 Å². The maximum absolute atomic E-state index is 12.0. The molecule has 0 saturated carbocycles. The number of aliphatic hydroxyl groups is 3. The summed E-state index contributed by atoms with van der Waals surface area (Å²) in [5, 5.41) is 30.1. The van der Waals surface area contributed by atoms with Gasteiger partial charge in [0.1, 0.15) is 24.2 Å².